The second-order valence-electron chi connectivity index (χ2n) is 4.14. The molecule has 2 heterocycles. The normalized spacial score (nSPS) is 17.8. The van der Waals surface area contributed by atoms with E-state index in [1.54, 1.807) is 11.3 Å². The van der Waals surface area contributed by atoms with E-state index in [0.29, 0.717) is 12.5 Å². The lowest BCUT2D eigenvalue weighted by Gasteiger charge is -2.21. The van der Waals surface area contributed by atoms with E-state index in [9.17, 15) is 0 Å². The Bertz CT molecular complexity index is 308. The molecule has 1 aliphatic rings. The summed E-state index contributed by atoms with van der Waals surface area (Å²) < 4.78 is 11.0. The molecule has 90 valence electrons. The zero-order valence-electron chi connectivity index (χ0n) is 9.48. The SMILES string of the molecule is NCc1ccc(COCC2CCOCC2)s1. The summed E-state index contributed by atoms with van der Waals surface area (Å²) in [7, 11) is 0. The van der Waals surface area contributed by atoms with Gasteiger partial charge in [-0.15, -0.1) is 11.3 Å². The first-order valence-electron chi connectivity index (χ1n) is 5.81. The van der Waals surface area contributed by atoms with Gasteiger partial charge < -0.3 is 15.2 Å². The molecule has 1 aromatic rings. The summed E-state index contributed by atoms with van der Waals surface area (Å²) >= 11 is 1.74. The lowest BCUT2D eigenvalue weighted by molar-refractivity contribution is 0.0163. The largest absolute Gasteiger partial charge is 0.381 e. The predicted octanol–water partition coefficient (Wildman–Crippen LogP) is 2.15. The Morgan fingerprint density at radius 1 is 1.31 bits per heavy atom. The van der Waals surface area contributed by atoms with Gasteiger partial charge in [0.15, 0.2) is 0 Å². The lowest BCUT2D eigenvalue weighted by Crippen LogP contribution is -2.19. The van der Waals surface area contributed by atoms with Crippen LogP contribution in [-0.4, -0.2) is 19.8 Å². The van der Waals surface area contributed by atoms with Crippen molar-refractivity contribution in [2.75, 3.05) is 19.8 Å². The van der Waals surface area contributed by atoms with Crippen molar-refractivity contribution in [2.45, 2.75) is 26.0 Å². The maximum Gasteiger partial charge on any atom is 0.0809 e. The molecule has 1 aliphatic heterocycles. The molecule has 2 rings (SSSR count). The fourth-order valence-electron chi connectivity index (χ4n) is 1.85. The van der Waals surface area contributed by atoms with Crippen LogP contribution in [0.2, 0.25) is 0 Å². The second-order valence-corrected chi connectivity index (χ2v) is 5.40. The van der Waals surface area contributed by atoms with Crippen LogP contribution in [0.15, 0.2) is 12.1 Å². The van der Waals surface area contributed by atoms with Gasteiger partial charge in [0.2, 0.25) is 0 Å². The minimum atomic E-state index is 0.630. The third-order valence-corrected chi connectivity index (χ3v) is 3.94. The molecule has 1 saturated heterocycles. The third kappa shape index (κ3) is 3.56. The Balaban J connectivity index is 1.66. The van der Waals surface area contributed by atoms with Crippen molar-refractivity contribution < 1.29 is 9.47 Å². The summed E-state index contributed by atoms with van der Waals surface area (Å²) in [4.78, 5) is 2.50. The van der Waals surface area contributed by atoms with E-state index in [0.717, 1.165) is 39.3 Å². The quantitative estimate of drug-likeness (QED) is 0.859. The summed E-state index contributed by atoms with van der Waals surface area (Å²) in [6.07, 6.45) is 2.27. The van der Waals surface area contributed by atoms with E-state index < -0.39 is 0 Å². The van der Waals surface area contributed by atoms with Gasteiger partial charge in [-0.05, 0) is 30.9 Å². The highest BCUT2D eigenvalue weighted by Crippen LogP contribution is 2.19. The average Bonchev–Trinajstić information content (AvgIpc) is 2.78. The fourth-order valence-corrected chi connectivity index (χ4v) is 2.68. The van der Waals surface area contributed by atoms with Crippen molar-refractivity contribution in [3.63, 3.8) is 0 Å². The van der Waals surface area contributed by atoms with E-state index in [-0.39, 0.29) is 0 Å². The number of nitrogens with two attached hydrogens (primary N) is 1. The molecule has 2 N–H and O–H groups in total. The highest BCUT2D eigenvalue weighted by molar-refractivity contribution is 7.11. The van der Waals surface area contributed by atoms with E-state index in [1.165, 1.54) is 9.75 Å². The molecule has 0 unspecified atom stereocenters. The van der Waals surface area contributed by atoms with Crippen molar-refractivity contribution in [3.05, 3.63) is 21.9 Å². The standard InChI is InChI=1S/C12H19NO2S/c13-7-11-1-2-12(16-11)9-15-8-10-3-5-14-6-4-10/h1-2,10H,3-9,13H2. The molecule has 0 bridgehead atoms. The summed E-state index contributed by atoms with van der Waals surface area (Å²) in [5.74, 6) is 0.683. The van der Waals surface area contributed by atoms with Gasteiger partial charge in [0.25, 0.3) is 0 Å². The van der Waals surface area contributed by atoms with Crippen molar-refractivity contribution in [2.24, 2.45) is 11.7 Å². The van der Waals surface area contributed by atoms with Crippen LogP contribution in [0, 0.1) is 5.92 Å². The zero-order chi connectivity index (χ0) is 11.2. The van der Waals surface area contributed by atoms with Crippen LogP contribution in [0.4, 0.5) is 0 Å². The van der Waals surface area contributed by atoms with Crippen LogP contribution in [0.3, 0.4) is 0 Å². The summed E-state index contributed by atoms with van der Waals surface area (Å²) in [5, 5.41) is 0. The van der Waals surface area contributed by atoms with Crippen LogP contribution in [0.5, 0.6) is 0 Å². The van der Waals surface area contributed by atoms with E-state index in [1.807, 2.05) is 0 Å². The Kier molecular flexibility index (Phi) is 4.78. The molecule has 0 aromatic carbocycles. The van der Waals surface area contributed by atoms with Gasteiger partial charge in [-0.2, -0.15) is 0 Å². The van der Waals surface area contributed by atoms with Gasteiger partial charge >= 0.3 is 0 Å². The number of hydrogen-bond donors (Lipinski definition) is 1. The summed E-state index contributed by atoms with van der Waals surface area (Å²) in [6, 6.07) is 4.19. The highest BCUT2D eigenvalue weighted by atomic mass is 32.1. The molecule has 0 amide bonds. The van der Waals surface area contributed by atoms with Gasteiger partial charge in [-0.3, -0.25) is 0 Å². The van der Waals surface area contributed by atoms with Crippen molar-refractivity contribution in [1.29, 1.82) is 0 Å². The monoisotopic (exact) mass is 241 g/mol. The summed E-state index contributed by atoms with van der Waals surface area (Å²) in [6.45, 7) is 4.00. The molecule has 1 aromatic heterocycles. The number of ether oxygens (including phenoxy) is 2. The predicted molar refractivity (Wildman–Crippen MR) is 65.4 cm³/mol. The number of thiophene rings is 1. The van der Waals surface area contributed by atoms with Crippen molar-refractivity contribution >= 4 is 11.3 Å². The Morgan fingerprint density at radius 3 is 2.75 bits per heavy atom. The molecule has 0 spiro atoms. The first-order valence-corrected chi connectivity index (χ1v) is 6.63. The van der Waals surface area contributed by atoms with E-state index in [2.05, 4.69) is 12.1 Å². The highest BCUT2D eigenvalue weighted by Gasteiger charge is 2.13. The molecule has 3 nitrogen and oxygen atoms in total. The first kappa shape index (κ1) is 12.0. The van der Waals surface area contributed by atoms with Gasteiger partial charge in [0, 0.05) is 29.5 Å². The van der Waals surface area contributed by atoms with Gasteiger partial charge in [0.05, 0.1) is 13.2 Å². The van der Waals surface area contributed by atoms with Gasteiger partial charge in [0.1, 0.15) is 0 Å². The van der Waals surface area contributed by atoms with Crippen LogP contribution < -0.4 is 5.73 Å². The molecule has 16 heavy (non-hydrogen) atoms. The van der Waals surface area contributed by atoms with Crippen LogP contribution in [0.25, 0.3) is 0 Å². The van der Waals surface area contributed by atoms with Crippen LogP contribution in [-0.2, 0) is 22.6 Å². The molecule has 1 fully saturated rings. The topological polar surface area (TPSA) is 44.5 Å². The Labute approximate surface area is 101 Å². The smallest absolute Gasteiger partial charge is 0.0809 e. The molecule has 0 atom stereocenters. The van der Waals surface area contributed by atoms with Gasteiger partial charge in [-0.25, -0.2) is 0 Å². The van der Waals surface area contributed by atoms with E-state index >= 15 is 0 Å². The van der Waals surface area contributed by atoms with Crippen molar-refractivity contribution in [3.8, 4) is 0 Å². The lowest BCUT2D eigenvalue weighted by atomic mass is 10.0. The zero-order valence-corrected chi connectivity index (χ0v) is 10.3. The Morgan fingerprint density at radius 2 is 2.06 bits per heavy atom. The first-order chi connectivity index (χ1) is 7.88. The number of hydrogen-bond acceptors (Lipinski definition) is 4. The van der Waals surface area contributed by atoms with Crippen LogP contribution >= 0.6 is 11.3 Å². The van der Waals surface area contributed by atoms with Crippen molar-refractivity contribution in [1.82, 2.24) is 0 Å². The molecule has 0 radical (unpaired) electrons. The molecule has 0 aliphatic carbocycles. The molecular formula is C12H19NO2S. The second kappa shape index (κ2) is 6.35. The Hall–Kier alpha value is -0.420. The summed E-state index contributed by atoms with van der Waals surface area (Å²) in [5.41, 5.74) is 5.56. The molecule has 0 saturated carbocycles. The molecule has 4 heteroatoms. The maximum atomic E-state index is 5.73. The maximum absolute atomic E-state index is 5.73. The van der Waals surface area contributed by atoms with Gasteiger partial charge in [-0.1, -0.05) is 0 Å². The van der Waals surface area contributed by atoms with E-state index in [4.69, 9.17) is 15.2 Å². The van der Waals surface area contributed by atoms with Crippen LogP contribution in [0.1, 0.15) is 22.6 Å². The molecular weight excluding hydrogens is 222 g/mol. The minimum Gasteiger partial charge on any atom is -0.381 e. The number of rotatable bonds is 5. The fraction of sp³-hybridized carbons (Fsp3) is 0.667. The average molecular weight is 241 g/mol. The third-order valence-electron chi connectivity index (χ3n) is 2.86. The minimum absolute atomic E-state index is 0.630.